The second kappa shape index (κ2) is 6.56. The molecule has 26 heavy (non-hydrogen) atoms. The molecule has 1 aromatic heterocycles. The van der Waals surface area contributed by atoms with Gasteiger partial charge in [0.05, 0.1) is 27.2 Å². The first kappa shape index (κ1) is 16.8. The van der Waals surface area contributed by atoms with Gasteiger partial charge in [0.15, 0.2) is 11.7 Å². The number of nitrogens with zero attached hydrogens (tertiary/aromatic N) is 2. The van der Waals surface area contributed by atoms with Crippen molar-refractivity contribution in [2.75, 3.05) is 5.32 Å². The van der Waals surface area contributed by atoms with E-state index in [0.29, 0.717) is 16.3 Å². The zero-order chi connectivity index (χ0) is 18.3. The molecular weight excluding hydrogens is 366 g/mol. The molecule has 0 saturated carbocycles. The first-order valence-electron chi connectivity index (χ1n) is 7.97. The smallest absolute Gasteiger partial charge is 0.237 e. The number of Topliss-reactive ketones (excluding diaryl/α,β-unsaturated/α-hetero) is 1. The molecule has 0 bridgehead atoms. The third-order valence-corrected chi connectivity index (χ3v) is 6.42. The zero-order valence-electron chi connectivity index (χ0n) is 13.7. The van der Waals surface area contributed by atoms with Gasteiger partial charge in [-0.05, 0) is 31.2 Å². The highest BCUT2D eigenvalue weighted by atomic mass is 32.2. The van der Waals surface area contributed by atoms with Gasteiger partial charge in [-0.15, -0.1) is 23.1 Å². The summed E-state index contributed by atoms with van der Waals surface area (Å²) >= 11 is 2.81. The number of carbonyl (C=O) groups is 2. The molecule has 0 spiro atoms. The van der Waals surface area contributed by atoms with E-state index in [0.717, 1.165) is 15.1 Å². The molecule has 4 rings (SSSR count). The summed E-state index contributed by atoms with van der Waals surface area (Å²) < 4.78 is 0.943. The highest BCUT2D eigenvalue weighted by molar-refractivity contribution is 8.00. The number of hydrogen-bond acceptors (Lipinski definition) is 6. The highest BCUT2D eigenvalue weighted by Crippen LogP contribution is 2.37. The molecule has 0 radical (unpaired) electrons. The van der Waals surface area contributed by atoms with Gasteiger partial charge in [0.2, 0.25) is 5.91 Å². The number of thioether (sulfide) groups is 1. The molecule has 0 fully saturated rings. The molecule has 1 aliphatic heterocycles. The van der Waals surface area contributed by atoms with Crippen LogP contribution in [-0.4, -0.2) is 21.9 Å². The van der Waals surface area contributed by atoms with E-state index in [2.05, 4.69) is 16.4 Å². The van der Waals surface area contributed by atoms with Crippen LogP contribution in [-0.2, 0) is 4.79 Å². The standard InChI is InChI=1S/C19H13N3O2S2/c1-10-18(24)21-14-8-11(6-7-16(14)25-10)17(23)12(9-20)19-22-13-4-2-3-5-15(13)26-19/h2-8,10,12H,1H3,(H,21,24)/t10-,12-/m0/s1. The van der Waals surface area contributed by atoms with Gasteiger partial charge in [0.25, 0.3) is 0 Å². The Kier molecular flexibility index (Phi) is 4.23. The van der Waals surface area contributed by atoms with Crippen LogP contribution in [0.3, 0.4) is 0 Å². The van der Waals surface area contributed by atoms with E-state index >= 15 is 0 Å². The van der Waals surface area contributed by atoms with Gasteiger partial charge < -0.3 is 5.32 Å². The van der Waals surface area contributed by atoms with Crippen LogP contribution in [0.25, 0.3) is 10.2 Å². The van der Waals surface area contributed by atoms with E-state index < -0.39 is 5.92 Å². The molecule has 0 unspecified atom stereocenters. The minimum Gasteiger partial charge on any atom is -0.324 e. The van der Waals surface area contributed by atoms with Crippen LogP contribution in [0, 0.1) is 11.3 Å². The molecule has 0 aliphatic carbocycles. The van der Waals surface area contributed by atoms with E-state index in [9.17, 15) is 14.9 Å². The van der Waals surface area contributed by atoms with Gasteiger partial charge in [-0.3, -0.25) is 9.59 Å². The predicted octanol–water partition coefficient (Wildman–Crippen LogP) is 4.22. The molecule has 2 heterocycles. The Bertz CT molecular complexity index is 1050. The predicted molar refractivity (Wildman–Crippen MR) is 103 cm³/mol. The lowest BCUT2D eigenvalue weighted by atomic mass is 9.99. The summed E-state index contributed by atoms with van der Waals surface area (Å²) in [5.74, 6) is -1.36. The lowest BCUT2D eigenvalue weighted by molar-refractivity contribution is -0.115. The van der Waals surface area contributed by atoms with Crippen molar-refractivity contribution in [3.05, 3.63) is 53.0 Å². The van der Waals surface area contributed by atoms with E-state index in [4.69, 9.17) is 0 Å². The molecule has 2 aromatic carbocycles. The molecule has 2 atom stereocenters. The Morgan fingerprint density at radius 3 is 2.88 bits per heavy atom. The van der Waals surface area contributed by atoms with Crippen LogP contribution in [0.15, 0.2) is 47.4 Å². The van der Waals surface area contributed by atoms with Gasteiger partial charge in [-0.25, -0.2) is 4.98 Å². The summed E-state index contributed by atoms with van der Waals surface area (Å²) in [7, 11) is 0. The fourth-order valence-corrected chi connectivity index (χ4v) is 4.71. The van der Waals surface area contributed by atoms with Crippen LogP contribution in [0.4, 0.5) is 5.69 Å². The van der Waals surface area contributed by atoms with E-state index in [1.54, 1.807) is 12.1 Å². The van der Waals surface area contributed by atoms with Gasteiger partial charge in [-0.2, -0.15) is 5.26 Å². The summed E-state index contributed by atoms with van der Waals surface area (Å²) in [6, 6.07) is 14.8. The van der Waals surface area contributed by atoms with Crippen molar-refractivity contribution in [1.29, 1.82) is 5.26 Å². The van der Waals surface area contributed by atoms with Gasteiger partial charge in [0.1, 0.15) is 5.01 Å². The number of ketones is 1. The monoisotopic (exact) mass is 379 g/mol. The maximum Gasteiger partial charge on any atom is 0.237 e. The fraction of sp³-hybridized carbons (Fsp3) is 0.158. The molecule has 0 saturated heterocycles. The summed E-state index contributed by atoms with van der Waals surface area (Å²) in [4.78, 5) is 30.1. The Balaban J connectivity index is 1.69. The van der Waals surface area contributed by atoms with Gasteiger partial charge >= 0.3 is 0 Å². The molecular formula is C19H13N3O2S2. The maximum absolute atomic E-state index is 12.9. The van der Waals surface area contributed by atoms with Gasteiger partial charge in [-0.1, -0.05) is 18.2 Å². The summed E-state index contributed by atoms with van der Waals surface area (Å²) in [6.07, 6.45) is 0. The van der Waals surface area contributed by atoms with Crippen molar-refractivity contribution in [3.8, 4) is 6.07 Å². The zero-order valence-corrected chi connectivity index (χ0v) is 15.4. The van der Waals surface area contributed by atoms with Crippen LogP contribution in [0.2, 0.25) is 0 Å². The maximum atomic E-state index is 12.9. The number of thiazole rings is 1. The largest absolute Gasteiger partial charge is 0.324 e. The minimum atomic E-state index is -0.962. The number of anilines is 1. The third kappa shape index (κ3) is 2.87. The molecule has 5 nitrogen and oxygen atoms in total. The van der Waals surface area contributed by atoms with Crippen molar-refractivity contribution >= 4 is 50.7 Å². The Hall–Kier alpha value is -2.69. The van der Waals surface area contributed by atoms with E-state index in [1.165, 1.54) is 23.1 Å². The fourth-order valence-electron chi connectivity index (χ4n) is 2.77. The van der Waals surface area contributed by atoms with E-state index in [1.807, 2.05) is 37.3 Å². The molecule has 1 N–H and O–H groups in total. The topological polar surface area (TPSA) is 82.8 Å². The van der Waals surface area contributed by atoms with E-state index in [-0.39, 0.29) is 16.9 Å². The van der Waals surface area contributed by atoms with Gasteiger partial charge in [0, 0.05) is 10.5 Å². The van der Waals surface area contributed by atoms with Crippen molar-refractivity contribution in [3.63, 3.8) is 0 Å². The number of para-hydroxylation sites is 1. The Morgan fingerprint density at radius 2 is 2.12 bits per heavy atom. The second-order valence-corrected chi connectivity index (χ2v) is 8.35. The van der Waals surface area contributed by atoms with Crippen molar-refractivity contribution in [1.82, 2.24) is 4.98 Å². The number of rotatable bonds is 3. The number of nitriles is 1. The Labute approximate surface area is 158 Å². The Morgan fingerprint density at radius 1 is 1.31 bits per heavy atom. The lowest BCUT2D eigenvalue weighted by Crippen LogP contribution is -2.26. The molecule has 1 aliphatic rings. The van der Waals surface area contributed by atoms with Crippen molar-refractivity contribution < 1.29 is 9.59 Å². The number of aromatic nitrogens is 1. The average Bonchev–Trinajstić information content (AvgIpc) is 3.06. The van der Waals surface area contributed by atoms with Crippen LogP contribution in [0.5, 0.6) is 0 Å². The van der Waals surface area contributed by atoms with Crippen molar-refractivity contribution in [2.45, 2.75) is 23.0 Å². The van der Waals surface area contributed by atoms with Crippen LogP contribution >= 0.6 is 23.1 Å². The first-order chi connectivity index (χ1) is 12.6. The molecule has 1 amide bonds. The summed E-state index contributed by atoms with van der Waals surface area (Å²) in [6.45, 7) is 1.83. The number of fused-ring (bicyclic) bond motifs is 2. The first-order valence-corrected chi connectivity index (χ1v) is 9.67. The minimum absolute atomic E-state index is 0.0879. The summed E-state index contributed by atoms with van der Waals surface area (Å²) in [5.41, 5.74) is 1.79. The number of benzene rings is 2. The van der Waals surface area contributed by atoms with Crippen LogP contribution in [0.1, 0.15) is 28.2 Å². The normalized spacial score (nSPS) is 17.2. The molecule has 128 valence electrons. The molecule has 7 heteroatoms. The SMILES string of the molecule is C[C@@H]1Sc2ccc(C(=O)[C@H](C#N)c3nc4ccccc4s3)cc2NC1=O. The highest BCUT2D eigenvalue weighted by Gasteiger charge is 2.28. The number of amides is 1. The average molecular weight is 379 g/mol. The third-order valence-electron chi connectivity index (χ3n) is 4.14. The van der Waals surface area contributed by atoms with Crippen LogP contribution < -0.4 is 5.32 Å². The number of hydrogen-bond donors (Lipinski definition) is 1. The summed E-state index contributed by atoms with van der Waals surface area (Å²) in [5, 5.41) is 12.7. The number of nitrogens with one attached hydrogen (secondary N) is 1. The second-order valence-electron chi connectivity index (χ2n) is 5.91. The van der Waals surface area contributed by atoms with Crippen molar-refractivity contribution in [2.24, 2.45) is 0 Å². The number of carbonyl (C=O) groups excluding carboxylic acids is 2. The quantitative estimate of drug-likeness (QED) is 0.689. The lowest BCUT2D eigenvalue weighted by Gasteiger charge is -2.21. The molecule has 3 aromatic rings.